The minimum absolute atomic E-state index is 0.648. The van der Waals surface area contributed by atoms with Gasteiger partial charge in [-0.25, -0.2) is 4.98 Å². The highest BCUT2D eigenvalue weighted by Gasteiger charge is 2.22. The van der Waals surface area contributed by atoms with Gasteiger partial charge in [0, 0.05) is 18.9 Å². The number of nitrogens with one attached hydrogen (secondary N) is 1. The van der Waals surface area contributed by atoms with Crippen LogP contribution in [0, 0.1) is 0 Å². The SMILES string of the molecule is C1CNCC(c2nc3c(s2)COCC3)C1. The molecule has 1 unspecified atom stereocenters. The molecule has 2 aliphatic heterocycles. The van der Waals surface area contributed by atoms with Crippen LogP contribution in [0.1, 0.15) is 34.3 Å². The lowest BCUT2D eigenvalue weighted by Gasteiger charge is -2.20. The van der Waals surface area contributed by atoms with E-state index in [1.165, 1.54) is 35.0 Å². The molecule has 1 aromatic rings. The van der Waals surface area contributed by atoms with Crippen molar-refractivity contribution in [3.05, 3.63) is 15.6 Å². The summed E-state index contributed by atoms with van der Waals surface area (Å²) in [6, 6.07) is 0. The van der Waals surface area contributed by atoms with E-state index >= 15 is 0 Å². The van der Waals surface area contributed by atoms with Crippen LogP contribution in [0.3, 0.4) is 0 Å². The van der Waals surface area contributed by atoms with Crippen molar-refractivity contribution in [2.45, 2.75) is 31.8 Å². The fourth-order valence-corrected chi connectivity index (χ4v) is 3.47. The van der Waals surface area contributed by atoms with E-state index in [9.17, 15) is 0 Å². The van der Waals surface area contributed by atoms with Crippen LogP contribution in [0.4, 0.5) is 0 Å². The lowest BCUT2D eigenvalue weighted by Crippen LogP contribution is -2.28. The van der Waals surface area contributed by atoms with Gasteiger partial charge in [0.05, 0.1) is 28.8 Å². The van der Waals surface area contributed by atoms with Gasteiger partial charge in [0.15, 0.2) is 0 Å². The summed E-state index contributed by atoms with van der Waals surface area (Å²) >= 11 is 1.87. The second-order valence-electron chi connectivity index (χ2n) is 4.27. The minimum Gasteiger partial charge on any atom is -0.375 e. The van der Waals surface area contributed by atoms with Crippen molar-refractivity contribution in [1.82, 2.24) is 10.3 Å². The average Bonchev–Trinajstić information content (AvgIpc) is 2.74. The molecule has 3 heterocycles. The predicted octanol–water partition coefficient (Wildman–Crippen LogP) is 1.68. The molecule has 82 valence electrons. The van der Waals surface area contributed by atoms with E-state index in [0.29, 0.717) is 5.92 Å². The number of hydrogen-bond donors (Lipinski definition) is 1. The van der Waals surface area contributed by atoms with Gasteiger partial charge in [-0.3, -0.25) is 0 Å². The van der Waals surface area contributed by atoms with E-state index in [1.54, 1.807) is 0 Å². The van der Waals surface area contributed by atoms with Crippen molar-refractivity contribution < 1.29 is 4.74 Å². The molecule has 4 heteroatoms. The molecule has 2 aliphatic rings. The van der Waals surface area contributed by atoms with Gasteiger partial charge in [0.2, 0.25) is 0 Å². The summed E-state index contributed by atoms with van der Waals surface area (Å²) in [5.41, 5.74) is 1.30. The maximum absolute atomic E-state index is 5.45. The third-order valence-electron chi connectivity index (χ3n) is 3.16. The molecule has 1 N–H and O–H groups in total. The summed E-state index contributed by atoms with van der Waals surface area (Å²) in [6.45, 7) is 3.91. The van der Waals surface area contributed by atoms with Crippen molar-refractivity contribution >= 4 is 11.3 Å². The van der Waals surface area contributed by atoms with Gasteiger partial charge >= 0.3 is 0 Å². The summed E-state index contributed by atoms with van der Waals surface area (Å²) in [7, 11) is 0. The highest BCUT2D eigenvalue weighted by molar-refractivity contribution is 7.11. The Morgan fingerprint density at radius 2 is 2.47 bits per heavy atom. The van der Waals surface area contributed by atoms with Crippen LogP contribution in [0.5, 0.6) is 0 Å². The number of aromatic nitrogens is 1. The second-order valence-corrected chi connectivity index (χ2v) is 5.38. The highest BCUT2D eigenvalue weighted by atomic mass is 32.1. The fourth-order valence-electron chi connectivity index (χ4n) is 2.28. The molecule has 0 aliphatic carbocycles. The molecule has 0 radical (unpaired) electrons. The van der Waals surface area contributed by atoms with Crippen molar-refractivity contribution in [3.8, 4) is 0 Å². The number of ether oxygens (including phenoxy) is 1. The fraction of sp³-hybridized carbons (Fsp3) is 0.727. The number of hydrogen-bond acceptors (Lipinski definition) is 4. The molecule has 15 heavy (non-hydrogen) atoms. The third-order valence-corrected chi connectivity index (χ3v) is 4.39. The second kappa shape index (κ2) is 4.20. The Morgan fingerprint density at radius 3 is 3.27 bits per heavy atom. The molecule has 3 rings (SSSR count). The quantitative estimate of drug-likeness (QED) is 0.788. The minimum atomic E-state index is 0.648. The van der Waals surface area contributed by atoms with Gasteiger partial charge in [-0.2, -0.15) is 0 Å². The van der Waals surface area contributed by atoms with Gasteiger partial charge in [-0.1, -0.05) is 0 Å². The Labute approximate surface area is 93.9 Å². The van der Waals surface area contributed by atoms with Gasteiger partial charge in [0.1, 0.15) is 0 Å². The van der Waals surface area contributed by atoms with Crippen LogP contribution in [0.25, 0.3) is 0 Å². The average molecular weight is 224 g/mol. The number of piperidine rings is 1. The molecule has 1 atom stereocenters. The molecule has 0 saturated carbocycles. The van der Waals surface area contributed by atoms with E-state index < -0.39 is 0 Å². The van der Waals surface area contributed by atoms with Crippen LogP contribution < -0.4 is 5.32 Å². The molecule has 0 amide bonds. The Hall–Kier alpha value is -0.450. The number of fused-ring (bicyclic) bond motifs is 1. The first-order chi connectivity index (χ1) is 7.43. The summed E-state index contributed by atoms with van der Waals surface area (Å²) in [5, 5.41) is 4.78. The number of rotatable bonds is 1. The molecule has 0 bridgehead atoms. The predicted molar refractivity (Wildman–Crippen MR) is 60.3 cm³/mol. The van der Waals surface area contributed by atoms with Crippen molar-refractivity contribution in [2.24, 2.45) is 0 Å². The zero-order valence-electron chi connectivity index (χ0n) is 8.79. The van der Waals surface area contributed by atoms with Gasteiger partial charge in [-0.15, -0.1) is 11.3 Å². The van der Waals surface area contributed by atoms with Gasteiger partial charge < -0.3 is 10.1 Å². The molecule has 1 fully saturated rings. The maximum atomic E-state index is 5.45. The van der Waals surface area contributed by atoms with E-state index in [-0.39, 0.29) is 0 Å². The molecule has 1 aromatic heterocycles. The van der Waals surface area contributed by atoms with E-state index in [2.05, 4.69) is 5.32 Å². The third kappa shape index (κ3) is 1.94. The first-order valence-electron chi connectivity index (χ1n) is 5.70. The molecule has 0 aromatic carbocycles. The largest absolute Gasteiger partial charge is 0.375 e. The summed E-state index contributed by atoms with van der Waals surface area (Å²) in [5.74, 6) is 0.648. The first-order valence-corrected chi connectivity index (χ1v) is 6.52. The summed E-state index contributed by atoms with van der Waals surface area (Å²) in [4.78, 5) is 6.14. The highest BCUT2D eigenvalue weighted by Crippen LogP contribution is 2.31. The molecule has 0 spiro atoms. The van der Waals surface area contributed by atoms with Gasteiger partial charge in [0.25, 0.3) is 0 Å². The molecular weight excluding hydrogens is 208 g/mol. The Morgan fingerprint density at radius 1 is 1.47 bits per heavy atom. The maximum Gasteiger partial charge on any atom is 0.0975 e. The summed E-state index contributed by atoms with van der Waals surface area (Å²) in [6.07, 6.45) is 3.58. The smallest absolute Gasteiger partial charge is 0.0975 e. The summed E-state index contributed by atoms with van der Waals surface area (Å²) < 4.78 is 5.45. The standard InChI is InChI=1S/C11H16N2OS/c1-2-8(6-12-4-1)11-13-9-3-5-14-7-10(9)15-11/h8,12H,1-7H2. The molecular formula is C11H16N2OS. The monoisotopic (exact) mass is 224 g/mol. The normalized spacial score (nSPS) is 26.3. The zero-order valence-corrected chi connectivity index (χ0v) is 9.61. The van der Waals surface area contributed by atoms with Crippen LogP contribution in [0.2, 0.25) is 0 Å². The van der Waals surface area contributed by atoms with Crippen LogP contribution in [-0.2, 0) is 17.8 Å². The molecule has 1 saturated heterocycles. The van der Waals surface area contributed by atoms with Crippen molar-refractivity contribution in [3.63, 3.8) is 0 Å². The van der Waals surface area contributed by atoms with Crippen molar-refractivity contribution in [2.75, 3.05) is 19.7 Å². The van der Waals surface area contributed by atoms with Crippen LogP contribution >= 0.6 is 11.3 Å². The Kier molecular flexibility index (Phi) is 2.73. The van der Waals surface area contributed by atoms with E-state index in [1.807, 2.05) is 11.3 Å². The van der Waals surface area contributed by atoms with Crippen molar-refractivity contribution in [1.29, 1.82) is 0 Å². The van der Waals surface area contributed by atoms with E-state index in [0.717, 1.165) is 26.2 Å². The lowest BCUT2D eigenvalue weighted by molar-refractivity contribution is 0.112. The number of thiazole rings is 1. The van der Waals surface area contributed by atoms with Crippen LogP contribution in [0.15, 0.2) is 0 Å². The lowest BCUT2D eigenvalue weighted by atomic mass is 10.0. The van der Waals surface area contributed by atoms with Crippen LogP contribution in [-0.4, -0.2) is 24.7 Å². The Balaban J connectivity index is 1.82. The topological polar surface area (TPSA) is 34.2 Å². The first kappa shape index (κ1) is 9.75. The zero-order chi connectivity index (χ0) is 10.1. The Bertz CT molecular complexity index is 321. The van der Waals surface area contributed by atoms with Gasteiger partial charge in [-0.05, 0) is 19.4 Å². The number of nitrogens with zero attached hydrogens (tertiary/aromatic N) is 1. The molecule has 3 nitrogen and oxygen atoms in total. The van der Waals surface area contributed by atoms with E-state index in [4.69, 9.17) is 9.72 Å².